The van der Waals surface area contributed by atoms with Crippen molar-refractivity contribution in [2.45, 2.75) is 19.9 Å². The van der Waals surface area contributed by atoms with E-state index >= 15 is 0 Å². The molecule has 2 aromatic rings. The van der Waals surface area contributed by atoms with Gasteiger partial charge in [0, 0.05) is 12.6 Å². The Morgan fingerprint density at radius 1 is 1.39 bits per heavy atom. The average molecular weight is 247 g/mol. The van der Waals surface area contributed by atoms with E-state index in [1.165, 1.54) is 0 Å². The molecule has 1 unspecified atom stereocenters. The van der Waals surface area contributed by atoms with Crippen molar-refractivity contribution in [1.82, 2.24) is 10.2 Å². The lowest BCUT2D eigenvalue weighted by atomic mass is 10.1. The second-order valence-corrected chi connectivity index (χ2v) is 3.88. The van der Waals surface area contributed by atoms with Crippen LogP contribution in [0.3, 0.4) is 0 Å². The van der Waals surface area contributed by atoms with Gasteiger partial charge in [-0.05, 0) is 19.1 Å². The number of aryl methyl sites for hydroxylation is 1. The Labute approximate surface area is 104 Å². The molecular formula is C12H13N3O3. The largest absolute Gasteiger partial charge is 0.480 e. The SMILES string of the molecule is Cc1nnc(-c2ccccc2NC(C)C(=O)O)o1. The smallest absolute Gasteiger partial charge is 0.325 e. The average Bonchev–Trinajstić information content (AvgIpc) is 2.76. The summed E-state index contributed by atoms with van der Waals surface area (Å²) in [4.78, 5) is 10.8. The maximum atomic E-state index is 10.8. The van der Waals surface area contributed by atoms with Crippen LogP contribution >= 0.6 is 0 Å². The van der Waals surface area contributed by atoms with Crippen LogP contribution in [0.4, 0.5) is 5.69 Å². The molecule has 0 radical (unpaired) electrons. The van der Waals surface area contributed by atoms with Gasteiger partial charge < -0.3 is 14.8 Å². The number of hydrogen-bond donors (Lipinski definition) is 2. The highest BCUT2D eigenvalue weighted by atomic mass is 16.4. The number of benzene rings is 1. The van der Waals surface area contributed by atoms with Gasteiger partial charge in [-0.2, -0.15) is 0 Å². The van der Waals surface area contributed by atoms with E-state index in [0.717, 1.165) is 0 Å². The van der Waals surface area contributed by atoms with Gasteiger partial charge in [0.15, 0.2) is 0 Å². The maximum Gasteiger partial charge on any atom is 0.325 e. The molecule has 18 heavy (non-hydrogen) atoms. The quantitative estimate of drug-likeness (QED) is 0.858. The highest BCUT2D eigenvalue weighted by molar-refractivity contribution is 5.80. The van der Waals surface area contributed by atoms with E-state index in [1.54, 1.807) is 26.0 Å². The third kappa shape index (κ3) is 2.48. The fraction of sp³-hybridized carbons (Fsp3) is 0.250. The second kappa shape index (κ2) is 4.87. The van der Waals surface area contributed by atoms with Gasteiger partial charge in [0.1, 0.15) is 6.04 Å². The number of nitrogens with zero attached hydrogens (tertiary/aromatic N) is 2. The summed E-state index contributed by atoms with van der Waals surface area (Å²) in [5, 5.41) is 19.5. The highest BCUT2D eigenvalue weighted by Crippen LogP contribution is 2.27. The summed E-state index contributed by atoms with van der Waals surface area (Å²) in [5.41, 5.74) is 1.34. The van der Waals surface area contributed by atoms with Crippen LogP contribution in [0.15, 0.2) is 28.7 Å². The first-order valence-corrected chi connectivity index (χ1v) is 5.47. The van der Waals surface area contributed by atoms with E-state index in [9.17, 15) is 4.79 Å². The molecule has 0 amide bonds. The molecule has 1 aromatic heterocycles. The van der Waals surface area contributed by atoms with Crippen molar-refractivity contribution in [1.29, 1.82) is 0 Å². The minimum absolute atomic E-state index is 0.369. The molecule has 0 spiro atoms. The first-order valence-electron chi connectivity index (χ1n) is 5.47. The fourth-order valence-electron chi connectivity index (χ4n) is 1.50. The number of aliphatic carboxylic acids is 1. The van der Waals surface area contributed by atoms with E-state index in [-0.39, 0.29) is 0 Å². The zero-order valence-electron chi connectivity index (χ0n) is 10.0. The summed E-state index contributed by atoms with van der Waals surface area (Å²) in [6.45, 7) is 3.27. The van der Waals surface area contributed by atoms with Crippen molar-refractivity contribution >= 4 is 11.7 Å². The Hall–Kier alpha value is -2.37. The predicted molar refractivity (Wildman–Crippen MR) is 65.2 cm³/mol. The van der Waals surface area contributed by atoms with Crippen LogP contribution in [-0.4, -0.2) is 27.3 Å². The number of carboxylic acid groups (broad SMARTS) is 1. The normalized spacial score (nSPS) is 12.1. The highest BCUT2D eigenvalue weighted by Gasteiger charge is 2.15. The van der Waals surface area contributed by atoms with Crippen molar-refractivity contribution in [3.8, 4) is 11.5 Å². The van der Waals surface area contributed by atoms with Gasteiger partial charge >= 0.3 is 5.97 Å². The van der Waals surface area contributed by atoms with Crippen LogP contribution in [0.5, 0.6) is 0 Å². The van der Waals surface area contributed by atoms with Crippen LogP contribution < -0.4 is 5.32 Å². The summed E-state index contributed by atoms with van der Waals surface area (Å²) >= 11 is 0. The Morgan fingerprint density at radius 2 is 2.11 bits per heavy atom. The first kappa shape index (κ1) is 12.1. The van der Waals surface area contributed by atoms with Gasteiger partial charge in [-0.25, -0.2) is 0 Å². The Kier molecular flexibility index (Phi) is 3.27. The van der Waals surface area contributed by atoms with Crippen LogP contribution in [0.2, 0.25) is 0 Å². The number of carbonyl (C=O) groups is 1. The molecule has 2 rings (SSSR count). The number of anilines is 1. The predicted octanol–water partition coefficient (Wildman–Crippen LogP) is 1.93. The zero-order valence-corrected chi connectivity index (χ0v) is 10.0. The van der Waals surface area contributed by atoms with Crippen LogP contribution in [-0.2, 0) is 4.79 Å². The van der Waals surface area contributed by atoms with Crippen molar-refractivity contribution in [3.63, 3.8) is 0 Å². The van der Waals surface area contributed by atoms with Gasteiger partial charge in [0.25, 0.3) is 0 Å². The van der Waals surface area contributed by atoms with Gasteiger partial charge in [0.05, 0.1) is 5.56 Å². The summed E-state index contributed by atoms with van der Waals surface area (Å²) in [6, 6.07) is 6.50. The number of hydrogen-bond acceptors (Lipinski definition) is 5. The number of nitrogens with one attached hydrogen (secondary N) is 1. The zero-order chi connectivity index (χ0) is 13.1. The first-order chi connectivity index (χ1) is 8.58. The summed E-state index contributed by atoms with van der Waals surface area (Å²) in [7, 11) is 0. The van der Waals surface area contributed by atoms with E-state index in [0.29, 0.717) is 23.0 Å². The minimum atomic E-state index is -0.925. The lowest BCUT2D eigenvalue weighted by Gasteiger charge is -2.12. The maximum absolute atomic E-state index is 10.8. The van der Waals surface area contributed by atoms with Gasteiger partial charge in [0.2, 0.25) is 11.8 Å². The molecule has 0 aliphatic carbocycles. The number of aromatic nitrogens is 2. The Morgan fingerprint density at radius 3 is 2.72 bits per heavy atom. The molecule has 0 saturated carbocycles. The molecule has 2 N–H and O–H groups in total. The van der Waals surface area contributed by atoms with Crippen LogP contribution in [0.25, 0.3) is 11.5 Å². The fourth-order valence-corrected chi connectivity index (χ4v) is 1.50. The monoisotopic (exact) mass is 247 g/mol. The molecular weight excluding hydrogens is 234 g/mol. The number of rotatable bonds is 4. The Bertz CT molecular complexity index is 565. The molecule has 6 nitrogen and oxygen atoms in total. The molecule has 6 heteroatoms. The summed E-state index contributed by atoms with van der Waals surface area (Å²) < 4.78 is 5.34. The molecule has 0 aliphatic rings. The lowest BCUT2D eigenvalue weighted by Crippen LogP contribution is -2.25. The van der Waals surface area contributed by atoms with E-state index in [1.807, 2.05) is 12.1 Å². The molecule has 0 aliphatic heterocycles. The molecule has 1 aromatic carbocycles. The van der Waals surface area contributed by atoms with E-state index in [4.69, 9.17) is 9.52 Å². The lowest BCUT2D eigenvalue weighted by molar-refractivity contribution is -0.137. The topological polar surface area (TPSA) is 88.2 Å². The minimum Gasteiger partial charge on any atom is -0.480 e. The molecule has 0 saturated heterocycles. The van der Waals surface area contributed by atoms with Crippen molar-refractivity contribution in [2.75, 3.05) is 5.32 Å². The number of para-hydroxylation sites is 1. The standard InChI is InChI=1S/C12H13N3O3/c1-7(12(16)17)13-10-6-4-3-5-9(10)11-15-14-8(2)18-11/h3-7,13H,1-2H3,(H,16,17). The molecule has 0 bridgehead atoms. The van der Waals surface area contributed by atoms with Crippen LogP contribution in [0, 0.1) is 6.92 Å². The van der Waals surface area contributed by atoms with Crippen LogP contribution in [0.1, 0.15) is 12.8 Å². The van der Waals surface area contributed by atoms with Crippen molar-refractivity contribution < 1.29 is 14.3 Å². The molecule has 1 heterocycles. The number of carboxylic acids is 1. The van der Waals surface area contributed by atoms with Gasteiger partial charge in [-0.3, -0.25) is 4.79 Å². The van der Waals surface area contributed by atoms with Gasteiger partial charge in [-0.15, -0.1) is 10.2 Å². The van der Waals surface area contributed by atoms with Gasteiger partial charge in [-0.1, -0.05) is 12.1 Å². The van der Waals surface area contributed by atoms with E-state index < -0.39 is 12.0 Å². The Balaban J connectivity index is 2.34. The third-order valence-electron chi connectivity index (χ3n) is 2.43. The summed E-state index contributed by atoms with van der Waals surface area (Å²) in [5.74, 6) is -0.0919. The van der Waals surface area contributed by atoms with Crippen molar-refractivity contribution in [3.05, 3.63) is 30.2 Å². The third-order valence-corrected chi connectivity index (χ3v) is 2.43. The molecule has 0 fully saturated rings. The molecule has 1 atom stereocenters. The molecule has 94 valence electrons. The van der Waals surface area contributed by atoms with E-state index in [2.05, 4.69) is 15.5 Å². The summed E-state index contributed by atoms with van der Waals surface area (Å²) in [6.07, 6.45) is 0. The van der Waals surface area contributed by atoms with Crippen molar-refractivity contribution in [2.24, 2.45) is 0 Å². The second-order valence-electron chi connectivity index (χ2n) is 3.88.